The van der Waals surface area contributed by atoms with E-state index in [1.807, 2.05) is 42.5 Å². The van der Waals surface area contributed by atoms with Crippen molar-refractivity contribution < 1.29 is 9.18 Å². The minimum atomic E-state index is -0.358. The molecular weight excluding hydrogens is 429 g/mol. The first-order valence-corrected chi connectivity index (χ1v) is 10.6. The highest BCUT2D eigenvalue weighted by atomic mass is 19.1. The lowest BCUT2D eigenvalue weighted by molar-refractivity contribution is 0.102. The molecule has 0 bridgehead atoms. The normalized spacial score (nSPS) is 10.6. The van der Waals surface area contributed by atoms with E-state index >= 15 is 0 Å². The molecule has 0 aliphatic rings. The molecule has 7 heteroatoms. The van der Waals surface area contributed by atoms with Crippen LogP contribution in [0, 0.1) is 5.82 Å². The van der Waals surface area contributed by atoms with Crippen molar-refractivity contribution in [2.45, 2.75) is 0 Å². The number of amides is 1. The zero-order valence-corrected chi connectivity index (χ0v) is 18.0. The summed E-state index contributed by atoms with van der Waals surface area (Å²) in [5.74, 6) is -0.604. The second kappa shape index (κ2) is 9.38. The Balaban J connectivity index is 1.30. The van der Waals surface area contributed by atoms with Crippen molar-refractivity contribution in [1.29, 1.82) is 0 Å². The molecule has 0 fully saturated rings. The standard InChI is InChI=1S/C27H20FN5O/c28-23-5-2-6-24-26(23)25(13-16-30-24)32-22-4-1-3-18(17-22)27(34)33-20-9-7-19(8-10-20)31-21-11-14-29-15-12-21/h1-17H,(H,29,31)(H,30,32)(H,33,34). The highest BCUT2D eigenvalue weighted by Crippen LogP contribution is 2.28. The van der Waals surface area contributed by atoms with Crippen LogP contribution in [0.1, 0.15) is 10.4 Å². The predicted octanol–water partition coefficient (Wildman–Crippen LogP) is 6.51. The maximum Gasteiger partial charge on any atom is 0.255 e. The van der Waals surface area contributed by atoms with E-state index in [-0.39, 0.29) is 11.7 Å². The van der Waals surface area contributed by atoms with Gasteiger partial charge in [-0.05, 0) is 72.8 Å². The Morgan fingerprint density at radius 3 is 2.26 bits per heavy atom. The molecule has 0 atom stereocenters. The Bertz CT molecular complexity index is 1450. The second-order valence-corrected chi connectivity index (χ2v) is 7.59. The molecule has 2 heterocycles. The van der Waals surface area contributed by atoms with Crippen LogP contribution in [0.4, 0.5) is 32.8 Å². The molecule has 1 amide bonds. The average molecular weight is 449 g/mol. The van der Waals surface area contributed by atoms with E-state index in [2.05, 4.69) is 25.9 Å². The van der Waals surface area contributed by atoms with Crippen LogP contribution in [0.3, 0.4) is 0 Å². The molecule has 6 nitrogen and oxygen atoms in total. The molecule has 0 saturated carbocycles. The molecule has 0 saturated heterocycles. The number of carbonyl (C=O) groups is 1. The van der Waals surface area contributed by atoms with E-state index in [1.165, 1.54) is 6.07 Å². The molecule has 3 N–H and O–H groups in total. The van der Waals surface area contributed by atoms with Gasteiger partial charge in [0.2, 0.25) is 0 Å². The minimum absolute atomic E-state index is 0.246. The molecule has 3 aromatic carbocycles. The quantitative estimate of drug-likeness (QED) is 0.275. The number of carbonyl (C=O) groups excluding carboxylic acids is 1. The van der Waals surface area contributed by atoms with E-state index in [1.54, 1.807) is 55.0 Å². The van der Waals surface area contributed by atoms with E-state index in [9.17, 15) is 9.18 Å². The summed E-state index contributed by atoms with van der Waals surface area (Å²) in [6.45, 7) is 0. The number of hydrogen-bond acceptors (Lipinski definition) is 5. The number of benzene rings is 3. The van der Waals surface area contributed by atoms with Gasteiger partial charge in [0.1, 0.15) is 5.82 Å². The van der Waals surface area contributed by atoms with Gasteiger partial charge in [0.15, 0.2) is 0 Å². The Hall–Kier alpha value is -4.78. The Labute approximate surface area is 195 Å². The Kier molecular flexibility index (Phi) is 5.82. The van der Waals surface area contributed by atoms with Crippen LogP contribution < -0.4 is 16.0 Å². The summed E-state index contributed by atoms with van der Waals surface area (Å²) in [5.41, 5.74) is 4.78. The van der Waals surface area contributed by atoms with Gasteiger partial charge in [-0.25, -0.2) is 4.39 Å². The number of nitrogens with zero attached hydrogens (tertiary/aromatic N) is 2. The number of rotatable bonds is 6. The smallest absolute Gasteiger partial charge is 0.255 e. The molecule has 0 spiro atoms. The van der Waals surface area contributed by atoms with Crippen LogP contribution in [0.2, 0.25) is 0 Å². The number of hydrogen-bond donors (Lipinski definition) is 3. The SMILES string of the molecule is O=C(Nc1ccc(Nc2ccncc2)cc1)c1cccc(Nc2ccnc3cccc(F)c23)c1. The number of fused-ring (bicyclic) bond motifs is 1. The van der Waals surface area contributed by atoms with Gasteiger partial charge in [-0.3, -0.25) is 14.8 Å². The largest absolute Gasteiger partial charge is 0.355 e. The lowest BCUT2D eigenvalue weighted by atomic mass is 10.1. The zero-order valence-electron chi connectivity index (χ0n) is 18.0. The summed E-state index contributed by atoms with van der Waals surface area (Å²) >= 11 is 0. The van der Waals surface area contributed by atoms with Crippen LogP contribution >= 0.6 is 0 Å². The number of halogens is 1. The average Bonchev–Trinajstić information content (AvgIpc) is 2.86. The maximum atomic E-state index is 14.4. The highest BCUT2D eigenvalue weighted by molar-refractivity contribution is 6.05. The van der Waals surface area contributed by atoms with Crippen molar-refractivity contribution in [3.8, 4) is 0 Å². The van der Waals surface area contributed by atoms with Gasteiger partial charge in [-0.2, -0.15) is 0 Å². The van der Waals surface area contributed by atoms with Crippen molar-refractivity contribution >= 4 is 45.2 Å². The maximum absolute atomic E-state index is 14.4. The second-order valence-electron chi connectivity index (χ2n) is 7.59. The Morgan fingerprint density at radius 2 is 1.44 bits per heavy atom. The van der Waals surface area contributed by atoms with Crippen LogP contribution in [0.25, 0.3) is 10.9 Å². The summed E-state index contributed by atoms with van der Waals surface area (Å²) in [7, 11) is 0. The molecule has 0 radical (unpaired) electrons. The van der Waals surface area contributed by atoms with Gasteiger partial charge < -0.3 is 16.0 Å². The van der Waals surface area contributed by atoms with Gasteiger partial charge in [0.25, 0.3) is 5.91 Å². The predicted molar refractivity (Wildman–Crippen MR) is 133 cm³/mol. The van der Waals surface area contributed by atoms with Crippen LogP contribution in [0.5, 0.6) is 0 Å². The molecule has 0 unspecified atom stereocenters. The number of pyridine rings is 2. The zero-order chi connectivity index (χ0) is 23.3. The summed E-state index contributed by atoms with van der Waals surface area (Å²) in [5, 5.41) is 9.78. The topological polar surface area (TPSA) is 78.9 Å². The van der Waals surface area contributed by atoms with E-state index in [0.29, 0.717) is 33.5 Å². The summed E-state index contributed by atoms with van der Waals surface area (Å²) in [4.78, 5) is 21.0. The third kappa shape index (κ3) is 4.68. The van der Waals surface area contributed by atoms with Crippen molar-refractivity contribution in [2.75, 3.05) is 16.0 Å². The number of aromatic nitrogens is 2. The first-order chi connectivity index (χ1) is 16.7. The van der Waals surface area contributed by atoms with E-state index < -0.39 is 0 Å². The lowest BCUT2D eigenvalue weighted by Gasteiger charge is -2.12. The summed E-state index contributed by atoms with van der Waals surface area (Å²) in [6.07, 6.45) is 5.05. The Morgan fingerprint density at radius 1 is 0.706 bits per heavy atom. The third-order valence-corrected chi connectivity index (χ3v) is 5.23. The van der Waals surface area contributed by atoms with Crippen LogP contribution in [-0.2, 0) is 0 Å². The van der Waals surface area contributed by atoms with Gasteiger partial charge >= 0.3 is 0 Å². The van der Waals surface area contributed by atoms with Crippen molar-refractivity contribution in [3.63, 3.8) is 0 Å². The fraction of sp³-hybridized carbons (Fsp3) is 0. The van der Waals surface area contributed by atoms with E-state index in [4.69, 9.17) is 0 Å². The summed E-state index contributed by atoms with van der Waals surface area (Å²) < 4.78 is 14.4. The molecule has 5 aromatic rings. The molecule has 5 rings (SSSR count). The van der Waals surface area contributed by atoms with Crippen LogP contribution in [-0.4, -0.2) is 15.9 Å². The highest BCUT2D eigenvalue weighted by Gasteiger charge is 2.10. The van der Waals surface area contributed by atoms with Gasteiger partial charge in [-0.15, -0.1) is 0 Å². The minimum Gasteiger partial charge on any atom is -0.355 e. The van der Waals surface area contributed by atoms with Gasteiger partial charge in [-0.1, -0.05) is 12.1 Å². The van der Waals surface area contributed by atoms with Crippen molar-refractivity contribution in [3.05, 3.63) is 115 Å². The molecule has 0 aliphatic heterocycles. The first kappa shape index (κ1) is 21.1. The monoisotopic (exact) mass is 449 g/mol. The fourth-order valence-electron chi connectivity index (χ4n) is 3.60. The molecule has 0 aliphatic carbocycles. The van der Waals surface area contributed by atoms with E-state index in [0.717, 1.165) is 11.4 Å². The third-order valence-electron chi connectivity index (χ3n) is 5.23. The first-order valence-electron chi connectivity index (χ1n) is 10.6. The molecule has 34 heavy (non-hydrogen) atoms. The van der Waals surface area contributed by atoms with Crippen LogP contribution in [0.15, 0.2) is 104 Å². The lowest BCUT2D eigenvalue weighted by Crippen LogP contribution is -2.12. The molecule has 2 aromatic heterocycles. The number of nitrogens with one attached hydrogen (secondary N) is 3. The fourth-order valence-corrected chi connectivity index (χ4v) is 3.60. The van der Waals surface area contributed by atoms with Crippen molar-refractivity contribution in [1.82, 2.24) is 9.97 Å². The molecular formula is C27H20FN5O. The molecule has 166 valence electrons. The van der Waals surface area contributed by atoms with Crippen molar-refractivity contribution in [2.24, 2.45) is 0 Å². The number of anilines is 5. The van der Waals surface area contributed by atoms with Gasteiger partial charge in [0, 0.05) is 46.9 Å². The van der Waals surface area contributed by atoms with Gasteiger partial charge in [0.05, 0.1) is 16.6 Å². The summed E-state index contributed by atoms with van der Waals surface area (Å²) in [6, 6.07) is 24.7.